The quantitative estimate of drug-likeness (QED) is 0.598. The minimum Gasteiger partial charge on any atom is -0.392 e. The Labute approximate surface area is 64.5 Å². The Kier molecular flexibility index (Phi) is 2.25. The van der Waals surface area contributed by atoms with Gasteiger partial charge in [-0.3, -0.25) is 0 Å². The molecule has 0 fully saturated rings. The van der Waals surface area contributed by atoms with Crippen LogP contribution in [0.3, 0.4) is 0 Å². The molecule has 0 unspecified atom stereocenters. The fourth-order valence-corrected chi connectivity index (χ4v) is 0.825. The highest BCUT2D eigenvalue weighted by molar-refractivity contribution is 5.35. The van der Waals surface area contributed by atoms with Crippen molar-refractivity contribution in [2.24, 2.45) is 0 Å². The average molecular weight is 150 g/mol. The maximum Gasteiger partial charge on any atom is 0.124 e. The number of hydrogen-bond donors (Lipinski definition) is 1. The molecular weight excluding hydrogens is 143 g/mol. The highest BCUT2D eigenvalue weighted by Gasteiger charge is 1.96. The third-order valence-electron chi connectivity index (χ3n) is 1.31. The molecule has 0 saturated heterocycles. The van der Waals surface area contributed by atoms with Crippen molar-refractivity contribution in [2.75, 3.05) is 0 Å². The van der Waals surface area contributed by atoms with Gasteiger partial charge in [0.1, 0.15) is 5.82 Å². The lowest BCUT2D eigenvalue weighted by molar-refractivity contribution is 0.281. The Bertz CT molecular complexity index is 299. The van der Waals surface area contributed by atoms with Crippen molar-refractivity contribution in [1.82, 2.24) is 0 Å². The summed E-state index contributed by atoms with van der Waals surface area (Å²) in [5.74, 6) is 1.88. The largest absolute Gasteiger partial charge is 0.392 e. The van der Waals surface area contributed by atoms with E-state index in [2.05, 4.69) is 5.92 Å². The van der Waals surface area contributed by atoms with E-state index in [1.54, 1.807) is 6.07 Å². The summed E-state index contributed by atoms with van der Waals surface area (Å²) in [6.45, 7) is -0.188. The van der Waals surface area contributed by atoms with Crippen molar-refractivity contribution < 1.29 is 9.50 Å². The SMILES string of the molecule is C#Cc1cc(F)cc(CO)c1. The van der Waals surface area contributed by atoms with Gasteiger partial charge in [-0.25, -0.2) is 4.39 Å². The number of terminal acetylenes is 1. The van der Waals surface area contributed by atoms with E-state index in [1.807, 2.05) is 0 Å². The summed E-state index contributed by atoms with van der Waals surface area (Å²) in [4.78, 5) is 0. The van der Waals surface area contributed by atoms with Crippen LogP contribution in [-0.2, 0) is 6.61 Å². The third kappa shape index (κ3) is 1.79. The number of hydrogen-bond acceptors (Lipinski definition) is 1. The second-order valence-corrected chi connectivity index (χ2v) is 2.15. The number of halogens is 1. The van der Waals surface area contributed by atoms with Gasteiger partial charge < -0.3 is 5.11 Å². The summed E-state index contributed by atoms with van der Waals surface area (Å²) in [5.41, 5.74) is 0.951. The zero-order valence-electron chi connectivity index (χ0n) is 5.84. The Morgan fingerprint density at radius 2 is 2.18 bits per heavy atom. The first-order valence-corrected chi connectivity index (χ1v) is 3.13. The highest BCUT2D eigenvalue weighted by atomic mass is 19.1. The first-order valence-electron chi connectivity index (χ1n) is 3.13. The molecule has 1 nitrogen and oxygen atoms in total. The van der Waals surface area contributed by atoms with E-state index in [-0.39, 0.29) is 6.61 Å². The van der Waals surface area contributed by atoms with Gasteiger partial charge in [-0.2, -0.15) is 0 Å². The fraction of sp³-hybridized carbons (Fsp3) is 0.111. The summed E-state index contributed by atoms with van der Waals surface area (Å²) < 4.78 is 12.6. The zero-order valence-corrected chi connectivity index (χ0v) is 5.84. The van der Waals surface area contributed by atoms with Crippen LogP contribution in [-0.4, -0.2) is 5.11 Å². The van der Waals surface area contributed by atoms with Gasteiger partial charge in [-0.15, -0.1) is 6.42 Å². The molecular formula is C9H7FO. The molecule has 0 atom stereocenters. The van der Waals surface area contributed by atoms with Gasteiger partial charge in [0.2, 0.25) is 0 Å². The van der Waals surface area contributed by atoms with Crippen molar-refractivity contribution in [3.8, 4) is 12.3 Å². The summed E-state index contributed by atoms with van der Waals surface area (Å²) in [5, 5.41) is 8.65. The molecule has 0 aliphatic rings. The van der Waals surface area contributed by atoms with Crippen LogP contribution in [0.1, 0.15) is 11.1 Å². The van der Waals surface area contributed by atoms with Gasteiger partial charge in [-0.1, -0.05) is 5.92 Å². The van der Waals surface area contributed by atoms with E-state index in [1.165, 1.54) is 12.1 Å². The molecule has 0 spiro atoms. The molecule has 56 valence electrons. The zero-order chi connectivity index (χ0) is 8.27. The Hall–Kier alpha value is -1.33. The predicted octanol–water partition coefficient (Wildman–Crippen LogP) is 1.30. The van der Waals surface area contributed by atoms with Gasteiger partial charge in [-0.05, 0) is 23.8 Å². The number of aliphatic hydroxyl groups excluding tert-OH is 1. The van der Waals surface area contributed by atoms with Crippen LogP contribution >= 0.6 is 0 Å². The van der Waals surface area contributed by atoms with Crippen molar-refractivity contribution >= 4 is 0 Å². The van der Waals surface area contributed by atoms with E-state index in [0.29, 0.717) is 11.1 Å². The second kappa shape index (κ2) is 3.18. The molecule has 0 aromatic heterocycles. The van der Waals surface area contributed by atoms with Crippen LogP contribution in [0.15, 0.2) is 18.2 Å². The lowest BCUT2D eigenvalue weighted by Gasteiger charge is -1.96. The highest BCUT2D eigenvalue weighted by Crippen LogP contribution is 2.07. The van der Waals surface area contributed by atoms with Crippen LogP contribution in [0, 0.1) is 18.2 Å². The van der Waals surface area contributed by atoms with Gasteiger partial charge in [0.15, 0.2) is 0 Å². The van der Waals surface area contributed by atoms with Crippen LogP contribution in [0.25, 0.3) is 0 Å². The minimum atomic E-state index is -0.412. The van der Waals surface area contributed by atoms with Crippen molar-refractivity contribution in [1.29, 1.82) is 0 Å². The van der Waals surface area contributed by atoms with Crippen LogP contribution in [0.2, 0.25) is 0 Å². The molecule has 1 N–H and O–H groups in total. The molecule has 1 rings (SSSR count). The normalized spacial score (nSPS) is 9.18. The topological polar surface area (TPSA) is 20.2 Å². The molecule has 0 aliphatic heterocycles. The van der Waals surface area contributed by atoms with Gasteiger partial charge in [0.05, 0.1) is 6.61 Å². The van der Waals surface area contributed by atoms with E-state index < -0.39 is 5.82 Å². The maximum atomic E-state index is 12.6. The maximum absolute atomic E-state index is 12.6. The molecule has 2 heteroatoms. The molecule has 0 heterocycles. The van der Waals surface area contributed by atoms with Gasteiger partial charge >= 0.3 is 0 Å². The molecule has 11 heavy (non-hydrogen) atoms. The summed E-state index contributed by atoms with van der Waals surface area (Å²) >= 11 is 0. The lowest BCUT2D eigenvalue weighted by Crippen LogP contribution is -1.87. The van der Waals surface area contributed by atoms with Crippen LogP contribution < -0.4 is 0 Å². The van der Waals surface area contributed by atoms with E-state index >= 15 is 0 Å². The lowest BCUT2D eigenvalue weighted by atomic mass is 10.1. The monoisotopic (exact) mass is 150 g/mol. The molecule has 0 aliphatic carbocycles. The molecule has 1 aromatic carbocycles. The standard InChI is InChI=1S/C9H7FO/c1-2-7-3-8(6-11)5-9(10)4-7/h1,3-5,11H,6H2. The molecule has 0 radical (unpaired) electrons. The molecule has 0 bridgehead atoms. The summed E-state index contributed by atoms with van der Waals surface area (Å²) in [6.07, 6.45) is 5.04. The third-order valence-corrected chi connectivity index (χ3v) is 1.31. The molecule has 0 amide bonds. The predicted molar refractivity (Wildman–Crippen MR) is 40.3 cm³/mol. The second-order valence-electron chi connectivity index (χ2n) is 2.15. The number of aliphatic hydroxyl groups is 1. The smallest absolute Gasteiger partial charge is 0.124 e. The van der Waals surface area contributed by atoms with Crippen molar-refractivity contribution in [3.63, 3.8) is 0 Å². The summed E-state index contributed by atoms with van der Waals surface area (Å²) in [7, 11) is 0. The van der Waals surface area contributed by atoms with Gasteiger partial charge in [0, 0.05) is 5.56 Å². The van der Waals surface area contributed by atoms with Crippen LogP contribution in [0.4, 0.5) is 4.39 Å². The van der Waals surface area contributed by atoms with Crippen molar-refractivity contribution in [3.05, 3.63) is 35.1 Å². The van der Waals surface area contributed by atoms with E-state index in [9.17, 15) is 4.39 Å². The number of rotatable bonds is 1. The first kappa shape index (κ1) is 7.77. The Morgan fingerprint density at radius 3 is 2.73 bits per heavy atom. The molecule has 1 aromatic rings. The van der Waals surface area contributed by atoms with Gasteiger partial charge in [0.25, 0.3) is 0 Å². The van der Waals surface area contributed by atoms with Crippen molar-refractivity contribution in [2.45, 2.75) is 6.61 Å². The summed E-state index contributed by atoms with van der Waals surface area (Å²) in [6, 6.07) is 4.07. The van der Waals surface area contributed by atoms with Crippen LogP contribution in [0.5, 0.6) is 0 Å². The Balaban J connectivity index is 3.15. The van der Waals surface area contributed by atoms with E-state index in [0.717, 1.165) is 0 Å². The Morgan fingerprint density at radius 1 is 1.45 bits per heavy atom. The van der Waals surface area contributed by atoms with E-state index in [4.69, 9.17) is 11.5 Å². The fourth-order valence-electron chi connectivity index (χ4n) is 0.825. The minimum absolute atomic E-state index is 0.188. The average Bonchev–Trinajstić information content (AvgIpc) is 2.03. The molecule has 0 saturated carbocycles. The number of benzene rings is 1. The first-order chi connectivity index (χ1) is 5.26.